The van der Waals surface area contributed by atoms with Gasteiger partial charge >= 0.3 is 11.9 Å². The van der Waals surface area contributed by atoms with Crippen LogP contribution >= 0.6 is 0 Å². The molecule has 0 aliphatic heterocycles. The number of carboxylic acids is 2. The monoisotopic (exact) mass is 228 g/mol. The summed E-state index contributed by atoms with van der Waals surface area (Å²) in [7, 11) is 0. The van der Waals surface area contributed by atoms with Crippen molar-refractivity contribution in [3.05, 3.63) is 0 Å². The standard InChI is InChI=1S/C10H12O6/c1-9(2,7(13)14)10(8(15)16)5(11)3-4-6(10)12/h3-4H2,1-2H3,(H,13,14)(H,15,16). The van der Waals surface area contributed by atoms with E-state index in [2.05, 4.69) is 0 Å². The maximum Gasteiger partial charge on any atom is 0.326 e. The summed E-state index contributed by atoms with van der Waals surface area (Å²) in [6.45, 7) is 2.18. The Hall–Kier alpha value is -1.72. The Morgan fingerprint density at radius 2 is 1.50 bits per heavy atom. The van der Waals surface area contributed by atoms with Crippen LogP contribution in [-0.4, -0.2) is 33.7 Å². The highest BCUT2D eigenvalue weighted by atomic mass is 16.4. The molecule has 6 heteroatoms. The Morgan fingerprint density at radius 3 is 1.75 bits per heavy atom. The molecule has 1 saturated carbocycles. The molecule has 0 amide bonds. The van der Waals surface area contributed by atoms with Crippen LogP contribution in [0.3, 0.4) is 0 Å². The third kappa shape index (κ3) is 1.19. The maximum absolute atomic E-state index is 11.6. The Kier molecular flexibility index (Phi) is 2.62. The van der Waals surface area contributed by atoms with Crippen LogP contribution in [0.4, 0.5) is 0 Å². The average Bonchev–Trinajstić information content (AvgIpc) is 2.43. The van der Waals surface area contributed by atoms with Crippen molar-refractivity contribution in [3.8, 4) is 0 Å². The molecular formula is C10H12O6. The minimum atomic E-state index is -2.43. The Labute approximate surface area is 91.3 Å². The van der Waals surface area contributed by atoms with Gasteiger partial charge in [0.15, 0.2) is 17.0 Å². The maximum atomic E-state index is 11.6. The lowest BCUT2D eigenvalue weighted by Gasteiger charge is -2.34. The average molecular weight is 228 g/mol. The van der Waals surface area contributed by atoms with E-state index in [1.54, 1.807) is 0 Å². The van der Waals surface area contributed by atoms with Gasteiger partial charge in [0.1, 0.15) is 0 Å². The highest BCUT2D eigenvalue weighted by molar-refractivity contribution is 6.28. The quantitative estimate of drug-likeness (QED) is 0.663. The molecule has 0 aromatic carbocycles. The van der Waals surface area contributed by atoms with E-state index in [1.807, 2.05) is 0 Å². The van der Waals surface area contributed by atoms with E-state index >= 15 is 0 Å². The second kappa shape index (κ2) is 3.40. The van der Waals surface area contributed by atoms with Gasteiger partial charge in [-0.2, -0.15) is 0 Å². The van der Waals surface area contributed by atoms with Crippen molar-refractivity contribution < 1.29 is 29.4 Å². The first kappa shape index (κ1) is 12.4. The molecule has 6 nitrogen and oxygen atoms in total. The second-order valence-corrected chi connectivity index (χ2v) is 4.33. The van der Waals surface area contributed by atoms with Gasteiger partial charge in [0.2, 0.25) is 0 Å². The number of carbonyl (C=O) groups excluding carboxylic acids is 2. The summed E-state index contributed by atoms with van der Waals surface area (Å²) in [5.74, 6) is -4.79. The third-order valence-corrected chi connectivity index (χ3v) is 3.21. The number of carboxylic acid groups (broad SMARTS) is 2. The highest BCUT2D eigenvalue weighted by Crippen LogP contribution is 2.47. The minimum Gasteiger partial charge on any atom is -0.481 e. The summed E-state index contributed by atoms with van der Waals surface area (Å²) in [6, 6.07) is 0. The molecule has 0 radical (unpaired) electrons. The fourth-order valence-corrected chi connectivity index (χ4v) is 2.12. The van der Waals surface area contributed by atoms with Crippen LogP contribution in [0.5, 0.6) is 0 Å². The van der Waals surface area contributed by atoms with Crippen LogP contribution in [-0.2, 0) is 19.2 Å². The molecular weight excluding hydrogens is 216 g/mol. The summed E-state index contributed by atoms with van der Waals surface area (Å²) in [6.07, 6.45) is -0.413. The first-order valence-electron chi connectivity index (χ1n) is 4.72. The van der Waals surface area contributed by atoms with Crippen molar-refractivity contribution in [2.75, 3.05) is 0 Å². The molecule has 0 atom stereocenters. The van der Waals surface area contributed by atoms with E-state index in [0.29, 0.717) is 0 Å². The molecule has 88 valence electrons. The Morgan fingerprint density at radius 1 is 1.12 bits per heavy atom. The normalized spacial score (nSPS) is 19.9. The Balaban J connectivity index is 3.50. The van der Waals surface area contributed by atoms with Gasteiger partial charge in [0.05, 0.1) is 5.41 Å². The number of hydrogen-bond acceptors (Lipinski definition) is 4. The smallest absolute Gasteiger partial charge is 0.326 e. The number of hydrogen-bond donors (Lipinski definition) is 2. The minimum absolute atomic E-state index is 0.207. The van der Waals surface area contributed by atoms with E-state index in [-0.39, 0.29) is 12.8 Å². The molecule has 0 unspecified atom stereocenters. The molecule has 0 aromatic heterocycles. The predicted molar refractivity (Wildman–Crippen MR) is 50.7 cm³/mol. The molecule has 1 aliphatic carbocycles. The SMILES string of the molecule is CC(C)(C(=O)O)C1(C(=O)O)C(=O)CCC1=O. The number of carbonyl (C=O) groups is 4. The van der Waals surface area contributed by atoms with Crippen LogP contribution in [0.1, 0.15) is 26.7 Å². The molecule has 2 N–H and O–H groups in total. The van der Waals surface area contributed by atoms with E-state index in [9.17, 15) is 19.2 Å². The van der Waals surface area contributed by atoms with Crippen molar-refractivity contribution >= 4 is 23.5 Å². The molecule has 0 bridgehead atoms. The summed E-state index contributed by atoms with van der Waals surface area (Å²) in [5, 5.41) is 18.1. The number of ketones is 2. The largest absolute Gasteiger partial charge is 0.481 e. The summed E-state index contributed by atoms with van der Waals surface area (Å²) < 4.78 is 0. The summed E-state index contributed by atoms with van der Waals surface area (Å²) >= 11 is 0. The molecule has 0 saturated heterocycles. The molecule has 0 aromatic rings. The van der Waals surface area contributed by atoms with E-state index < -0.39 is 34.3 Å². The van der Waals surface area contributed by atoms with Gasteiger partial charge in [-0.05, 0) is 13.8 Å². The lowest BCUT2D eigenvalue weighted by Crippen LogP contribution is -2.56. The molecule has 1 rings (SSSR count). The zero-order valence-corrected chi connectivity index (χ0v) is 8.94. The van der Waals surface area contributed by atoms with Crippen LogP contribution in [0.25, 0.3) is 0 Å². The summed E-state index contributed by atoms with van der Waals surface area (Å²) in [4.78, 5) is 45.5. The lowest BCUT2D eigenvalue weighted by atomic mass is 9.63. The first-order valence-corrected chi connectivity index (χ1v) is 4.72. The molecule has 0 spiro atoms. The van der Waals surface area contributed by atoms with Crippen LogP contribution in [0.2, 0.25) is 0 Å². The Bertz CT molecular complexity index is 376. The molecule has 1 aliphatic rings. The highest BCUT2D eigenvalue weighted by Gasteiger charge is 2.67. The number of aliphatic carboxylic acids is 2. The van der Waals surface area contributed by atoms with Crippen LogP contribution < -0.4 is 0 Å². The fraction of sp³-hybridized carbons (Fsp3) is 0.600. The van der Waals surface area contributed by atoms with Gasteiger partial charge in [-0.15, -0.1) is 0 Å². The molecule has 16 heavy (non-hydrogen) atoms. The zero-order chi connectivity index (χ0) is 12.7. The van der Waals surface area contributed by atoms with E-state index in [4.69, 9.17) is 10.2 Å². The van der Waals surface area contributed by atoms with Gasteiger partial charge in [-0.3, -0.25) is 19.2 Å². The number of rotatable bonds is 3. The van der Waals surface area contributed by atoms with Crippen molar-refractivity contribution in [1.82, 2.24) is 0 Å². The molecule has 1 fully saturated rings. The predicted octanol–water partition coefficient (Wildman–Crippen LogP) is 0.100. The van der Waals surface area contributed by atoms with Gasteiger partial charge in [-0.25, -0.2) is 0 Å². The summed E-state index contributed by atoms with van der Waals surface area (Å²) in [5.41, 5.74) is -4.37. The van der Waals surface area contributed by atoms with Gasteiger partial charge in [0.25, 0.3) is 0 Å². The zero-order valence-electron chi connectivity index (χ0n) is 8.94. The van der Waals surface area contributed by atoms with Crippen molar-refractivity contribution in [2.24, 2.45) is 10.8 Å². The fourth-order valence-electron chi connectivity index (χ4n) is 2.12. The topological polar surface area (TPSA) is 109 Å². The van der Waals surface area contributed by atoms with E-state index in [0.717, 1.165) is 13.8 Å². The number of Topliss-reactive ketones (excluding diaryl/α,β-unsaturated/α-hetero) is 2. The van der Waals surface area contributed by atoms with Gasteiger partial charge in [0, 0.05) is 12.8 Å². The van der Waals surface area contributed by atoms with Crippen molar-refractivity contribution in [2.45, 2.75) is 26.7 Å². The lowest BCUT2D eigenvalue weighted by molar-refractivity contribution is -0.176. The van der Waals surface area contributed by atoms with Crippen LogP contribution in [0.15, 0.2) is 0 Å². The first-order chi connectivity index (χ1) is 7.19. The van der Waals surface area contributed by atoms with Gasteiger partial charge < -0.3 is 10.2 Å². The van der Waals surface area contributed by atoms with Gasteiger partial charge in [-0.1, -0.05) is 0 Å². The second-order valence-electron chi connectivity index (χ2n) is 4.33. The van der Waals surface area contributed by atoms with Crippen LogP contribution in [0, 0.1) is 10.8 Å². The van der Waals surface area contributed by atoms with E-state index in [1.165, 1.54) is 0 Å². The van der Waals surface area contributed by atoms with Crippen molar-refractivity contribution in [1.29, 1.82) is 0 Å². The third-order valence-electron chi connectivity index (χ3n) is 3.21. The van der Waals surface area contributed by atoms with Crippen molar-refractivity contribution in [3.63, 3.8) is 0 Å². The molecule has 0 heterocycles.